The van der Waals surface area contributed by atoms with Crippen LogP contribution in [0.5, 0.6) is 0 Å². The van der Waals surface area contributed by atoms with Crippen LogP contribution in [0.2, 0.25) is 0 Å². The molecule has 0 amide bonds. The molecule has 0 radical (unpaired) electrons. The summed E-state index contributed by atoms with van der Waals surface area (Å²) in [5, 5.41) is 0. The van der Waals surface area contributed by atoms with E-state index in [1.165, 1.54) is 39.2 Å². The molecular weight excluding hydrogens is 474 g/mol. The van der Waals surface area contributed by atoms with Gasteiger partial charge in [-0.05, 0) is 55.8 Å². The van der Waals surface area contributed by atoms with Crippen LogP contribution in [0, 0.1) is 13.8 Å². The summed E-state index contributed by atoms with van der Waals surface area (Å²) in [6, 6.07) is 45.4. The molecule has 2 aliphatic heterocycles. The fraction of sp³-hybridized carbons (Fsp3) is 0.0833. The van der Waals surface area contributed by atoms with Crippen molar-refractivity contribution in [3.63, 3.8) is 0 Å². The average molecular weight is 504 g/mol. The smallest absolute Gasteiger partial charge is 0.146 e. The molecule has 0 unspecified atom stereocenters. The zero-order chi connectivity index (χ0) is 26.3. The second-order valence-corrected chi connectivity index (χ2v) is 10.3. The van der Waals surface area contributed by atoms with Crippen molar-refractivity contribution < 1.29 is 0 Å². The molecule has 0 fully saturated rings. The van der Waals surface area contributed by atoms with Crippen LogP contribution in [0.25, 0.3) is 11.4 Å². The van der Waals surface area contributed by atoms with Crippen molar-refractivity contribution in [2.45, 2.75) is 20.4 Å². The van der Waals surface area contributed by atoms with Gasteiger partial charge in [-0.1, -0.05) is 102 Å². The van der Waals surface area contributed by atoms with Crippen LogP contribution in [0.15, 0.2) is 132 Å². The average Bonchev–Trinajstić information content (AvgIpc) is 3.51. The fourth-order valence-electron chi connectivity index (χ4n) is 5.63. The van der Waals surface area contributed by atoms with E-state index in [1.807, 2.05) is 0 Å². The predicted molar refractivity (Wildman–Crippen MR) is 163 cm³/mol. The third-order valence-electron chi connectivity index (χ3n) is 7.58. The standard InChI is InChI=1S/C36H29N3/c1-25-16-20-28(21-17-25)37-36-33-15-9-8-14-32(33)35(39(36)30-22-18-26(2)19-23-30)34-31-13-7-6-10-27(31)24-38(34)29-11-4-3-5-12-29/h3-23H,24H2,1-2H3/b35-34-,37-36?. The molecule has 0 aromatic heterocycles. The summed E-state index contributed by atoms with van der Waals surface area (Å²) >= 11 is 0. The first kappa shape index (κ1) is 23.2. The van der Waals surface area contributed by atoms with Gasteiger partial charge in [0.1, 0.15) is 5.84 Å². The lowest BCUT2D eigenvalue weighted by atomic mass is 10.0. The zero-order valence-corrected chi connectivity index (χ0v) is 22.2. The molecule has 2 aliphatic rings. The van der Waals surface area contributed by atoms with Crippen LogP contribution in [0.3, 0.4) is 0 Å². The summed E-state index contributed by atoms with van der Waals surface area (Å²) in [6.07, 6.45) is 0. The molecule has 0 bridgehead atoms. The Morgan fingerprint density at radius 1 is 0.513 bits per heavy atom. The largest absolute Gasteiger partial charge is 0.335 e. The van der Waals surface area contributed by atoms with E-state index in [0.717, 1.165) is 35.0 Å². The SMILES string of the molecule is Cc1ccc(N=C2c3ccccc3/C(=C3\c4ccccc4CN3c3ccccc3)N2c2ccc(C)cc2)cc1. The Hall–Kier alpha value is -4.89. The normalized spacial score (nSPS) is 17.0. The lowest BCUT2D eigenvalue weighted by molar-refractivity contribution is 1.04. The van der Waals surface area contributed by atoms with Gasteiger partial charge in [-0.2, -0.15) is 0 Å². The first-order chi connectivity index (χ1) is 19.2. The molecule has 0 aliphatic carbocycles. The number of fused-ring (bicyclic) bond motifs is 2. The van der Waals surface area contributed by atoms with E-state index in [9.17, 15) is 0 Å². The summed E-state index contributed by atoms with van der Waals surface area (Å²) in [4.78, 5) is 10.1. The molecule has 188 valence electrons. The van der Waals surface area contributed by atoms with Crippen molar-refractivity contribution in [1.82, 2.24) is 0 Å². The van der Waals surface area contributed by atoms with Crippen molar-refractivity contribution in [2.24, 2.45) is 4.99 Å². The first-order valence-corrected chi connectivity index (χ1v) is 13.4. The number of hydrogen-bond acceptors (Lipinski definition) is 2. The van der Waals surface area contributed by atoms with Crippen LogP contribution in [0.1, 0.15) is 33.4 Å². The van der Waals surface area contributed by atoms with Gasteiger partial charge < -0.3 is 4.90 Å². The van der Waals surface area contributed by atoms with Gasteiger partial charge in [-0.25, -0.2) is 4.99 Å². The van der Waals surface area contributed by atoms with Crippen LogP contribution in [-0.2, 0) is 6.54 Å². The minimum absolute atomic E-state index is 0.827. The maximum atomic E-state index is 5.29. The topological polar surface area (TPSA) is 18.8 Å². The Balaban J connectivity index is 1.55. The van der Waals surface area contributed by atoms with Gasteiger partial charge in [-0.15, -0.1) is 0 Å². The third-order valence-corrected chi connectivity index (χ3v) is 7.58. The van der Waals surface area contributed by atoms with Crippen molar-refractivity contribution in [1.29, 1.82) is 0 Å². The minimum atomic E-state index is 0.827. The van der Waals surface area contributed by atoms with Gasteiger partial charge >= 0.3 is 0 Å². The number of hydrogen-bond donors (Lipinski definition) is 0. The highest BCUT2D eigenvalue weighted by Crippen LogP contribution is 2.47. The summed E-state index contributed by atoms with van der Waals surface area (Å²) < 4.78 is 0. The lowest BCUT2D eigenvalue weighted by Gasteiger charge is -2.28. The summed E-state index contributed by atoms with van der Waals surface area (Å²) in [5.41, 5.74) is 13.0. The van der Waals surface area contributed by atoms with Crippen LogP contribution >= 0.6 is 0 Å². The minimum Gasteiger partial charge on any atom is -0.335 e. The van der Waals surface area contributed by atoms with E-state index in [-0.39, 0.29) is 0 Å². The molecule has 5 aromatic carbocycles. The molecule has 0 N–H and O–H groups in total. The summed E-state index contributed by atoms with van der Waals surface area (Å²) in [5.74, 6) is 0.943. The molecule has 3 nitrogen and oxygen atoms in total. The highest BCUT2D eigenvalue weighted by molar-refractivity contribution is 6.29. The highest BCUT2D eigenvalue weighted by Gasteiger charge is 2.38. The number of amidine groups is 1. The Labute approximate surface area is 230 Å². The number of aryl methyl sites for hydroxylation is 2. The zero-order valence-electron chi connectivity index (χ0n) is 22.2. The van der Waals surface area contributed by atoms with Gasteiger partial charge in [-0.3, -0.25) is 4.90 Å². The van der Waals surface area contributed by atoms with Crippen molar-refractivity contribution in [3.05, 3.63) is 161 Å². The van der Waals surface area contributed by atoms with E-state index in [0.29, 0.717) is 0 Å². The lowest BCUT2D eigenvalue weighted by Crippen LogP contribution is -2.26. The van der Waals surface area contributed by atoms with Crippen molar-refractivity contribution in [2.75, 3.05) is 9.80 Å². The first-order valence-electron chi connectivity index (χ1n) is 13.4. The van der Waals surface area contributed by atoms with E-state index in [1.54, 1.807) is 0 Å². The van der Waals surface area contributed by atoms with E-state index < -0.39 is 0 Å². The Morgan fingerprint density at radius 3 is 1.82 bits per heavy atom. The highest BCUT2D eigenvalue weighted by atomic mass is 15.3. The monoisotopic (exact) mass is 503 g/mol. The molecular formula is C36H29N3. The summed E-state index contributed by atoms with van der Waals surface area (Å²) in [7, 11) is 0. The number of aliphatic imine (C=N–C) groups is 1. The van der Waals surface area contributed by atoms with E-state index >= 15 is 0 Å². The molecule has 0 spiro atoms. The van der Waals surface area contributed by atoms with Crippen molar-refractivity contribution in [3.8, 4) is 0 Å². The maximum absolute atomic E-state index is 5.29. The van der Waals surface area contributed by atoms with Gasteiger partial charge in [0, 0.05) is 34.6 Å². The van der Waals surface area contributed by atoms with Crippen LogP contribution < -0.4 is 9.80 Å². The Morgan fingerprint density at radius 2 is 1.10 bits per heavy atom. The van der Waals surface area contributed by atoms with Gasteiger partial charge in [0.25, 0.3) is 0 Å². The van der Waals surface area contributed by atoms with Crippen molar-refractivity contribution >= 4 is 34.3 Å². The molecule has 3 heteroatoms. The summed E-state index contributed by atoms with van der Waals surface area (Å²) in [6.45, 7) is 5.07. The van der Waals surface area contributed by atoms with E-state index in [2.05, 4.69) is 151 Å². The molecule has 0 saturated carbocycles. The molecule has 0 saturated heterocycles. The molecule has 2 heterocycles. The number of benzene rings is 5. The fourth-order valence-corrected chi connectivity index (χ4v) is 5.63. The second-order valence-electron chi connectivity index (χ2n) is 10.3. The predicted octanol–water partition coefficient (Wildman–Crippen LogP) is 8.75. The Bertz CT molecular complexity index is 1730. The number of nitrogens with zero attached hydrogens (tertiary/aromatic N) is 3. The Kier molecular flexibility index (Phi) is 5.63. The number of para-hydroxylation sites is 1. The van der Waals surface area contributed by atoms with Gasteiger partial charge in [0.05, 0.1) is 17.1 Å². The number of anilines is 2. The third kappa shape index (κ3) is 4.04. The maximum Gasteiger partial charge on any atom is 0.146 e. The van der Waals surface area contributed by atoms with Crippen LogP contribution in [0.4, 0.5) is 17.1 Å². The van der Waals surface area contributed by atoms with Gasteiger partial charge in [0.2, 0.25) is 0 Å². The molecule has 0 atom stereocenters. The molecule has 5 aromatic rings. The van der Waals surface area contributed by atoms with Crippen LogP contribution in [-0.4, -0.2) is 5.84 Å². The molecule has 7 rings (SSSR count). The second kappa shape index (κ2) is 9.45. The van der Waals surface area contributed by atoms with Gasteiger partial charge in [0.15, 0.2) is 0 Å². The van der Waals surface area contributed by atoms with E-state index in [4.69, 9.17) is 4.99 Å². The molecule has 39 heavy (non-hydrogen) atoms. The number of rotatable bonds is 3. The quantitative estimate of drug-likeness (QED) is 0.245.